The Morgan fingerprint density at radius 3 is 2.94 bits per heavy atom. The Hall–Kier alpha value is -0.160. The third-order valence-electron chi connectivity index (χ3n) is 3.50. The molecule has 4 nitrogen and oxygen atoms in total. The molecule has 0 bridgehead atoms. The molecule has 108 valence electrons. The summed E-state index contributed by atoms with van der Waals surface area (Å²) in [7, 11) is 0. The highest BCUT2D eigenvalue weighted by Crippen LogP contribution is 2.13. The van der Waals surface area contributed by atoms with Gasteiger partial charge in [0.2, 0.25) is 0 Å². The van der Waals surface area contributed by atoms with Crippen molar-refractivity contribution in [2.24, 2.45) is 0 Å². The van der Waals surface area contributed by atoms with Crippen molar-refractivity contribution in [3.05, 3.63) is 0 Å². The Morgan fingerprint density at radius 1 is 1.44 bits per heavy atom. The summed E-state index contributed by atoms with van der Waals surface area (Å²) in [5.41, 5.74) is 0. The number of ether oxygens (including phenoxy) is 1. The fourth-order valence-corrected chi connectivity index (χ4v) is 2.62. The maximum absolute atomic E-state index is 9.12. The minimum atomic E-state index is 0.268. The van der Waals surface area contributed by atoms with Gasteiger partial charge in [0, 0.05) is 32.3 Å². The van der Waals surface area contributed by atoms with Crippen molar-refractivity contribution in [1.29, 1.82) is 0 Å². The number of rotatable bonds is 9. The maximum atomic E-state index is 9.12. The van der Waals surface area contributed by atoms with Gasteiger partial charge < -0.3 is 15.2 Å². The average molecular weight is 258 g/mol. The van der Waals surface area contributed by atoms with Crippen molar-refractivity contribution in [2.45, 2.75) is 51.7 Å². The van der Waals surface area contributed by atoms with Crippen molar-refractivity contribution < 1.29 is 9.84 Å². The molecule has 1 fully saturated rings. The van der Waals surface area contributed by atoms with Crippen LogP contribution in [0.2, 0.25) is 0 Å². The molecule has 0 spiro atoms. The van der Waals surface area contributed by atoms with Gasteiger partial charge in [-0.3, -0.25) is 4.90 Å². The van der Waals surface area contributed by atoms with Gasteiger partial charge in [0.25, 0.3) is 0 Å². The molecule has 0 radical (unpaired) electrons. The number of hydrogen-bond donors (Lipinski definition) is 2. The van der Waals surface area contributed by atoms with Crippen LogP contribution in [0, 0.1) is 0 Å². The van der Waals surface area contributed by atoms with E-state index in [1.165, 1.54) is 19.4 Å². The minimum absolute atomic E-state index is 0.268. The monoisotopic (exact) mass is 258 g/mol. The van der Waals surface area contributed by atoms with Gasteiger partial charge in [0.05, 0.1) is 6.10 Å². The smallest absolute Gasteiger partial charge is 0.0702 e. The third kappa shape index (κ3) is 6.14. The lowest BCUT2D eigenvalue weighted by Gasteiger charge is -2.35. The van der Waals surface area contributed by atoms with Gasteiger partial charge in [-0.1, -0.05) is 6.92 Å². The molecule has 1 heterocycles. The van der Waals surface area contributed by atoms with Crippen LogP contribution < -0.4 is 5.32 Å². The van der Waals surface area contributed by atoms with Gasteiger partial charge in [-0.25, -0.2) is 0 Å². The van der Waals surface area contributed by atoms with E-state index in [9.17, 15) is 0 Å². The predicted molar refractivity (Wildman–Crippen MR) is 74.9 cm³/mol. The number of nitrogens with zero attached hydrogens (tertiary/aromatic N) is 1. The van der Waals surface area contributed by atoms with E-state index in [2.05, 4.69) is 24.1 Å². The molecule has 0 amide bonds. The van der Waals surface area contributed by atoms with Crippen LogP contribution in [0.5, 0.6) is 0 Å². The molecule has 0 aromatic carbocycles. The Balaban J connectivity index is 2.32. The normalized spacial score (nSPS) is 23.2. The SMILES string of the molecule is CCCNC(CCO)CN1CCCC(OCC)C1. The Bertz CT molecular complexity index is 200. The van der Waals surface area contributed by atoms with Crippen molar-refractivity contribution in [3.63, 3.8) is 0 Å². The summed E-state index contributed by atoms with van der Waals surface area (Å²) in [4.78, 5) is 2.48. The van der Waals surface area contributed by atoms with Crippen LogP contribution >= 0.6 is 0 Å². The van der Waals surface area contributed by atoms with E-state index >= 15 is 0 Å². The quantitative estimate of drug-likeness (QED) is 0.653. The highest BCUT2D eigenvalue weighted by Gasteiger charge is 2.22. The molecule has 4 heteroatoms. The van der Waals surface area contributed by atoms with Crippen LogP contribution in [0.25, 0.3) is 0 Å². The first kappa shape index (κ1) is 15.9. The highest BCUT2D eigenvalue weighted by molar-refractivity contribution is 4.78. The van der Waals surface area contributed by atoms with Gasteiger partial charge >= 0.3 is 0 Å². The van der Waals surface area contributed by atoms with Crippen molar-refractivity contribution in [1.82, 2.24) is 10.2 Å². The molecular weight excluding hydrogens is 228 g/mol. The summed E-state index contributed by atoms with van der Waals surface area (Å²) < 4.78 is 5.72. The number of piperidine rings is 1. The summed E-state index contributed by atoms with van der Waals surface area (Å²) >= 11 is 0. The maximum Gasteiger partial charge on any atom is 0.0702 e. The fraction of sp³-hybridized carbons (Fsp3) is 1.00. The zero-order valence-corrected chi connectivity index (χ0v) is 12.0. The van der Waals surface area contributed by atoms with Crippen molar-refractivity contribution in [3.8, 4) is 0 Å². The molecule has 2 unspecified atom stereocenters. The van der Waals surface area contributed by atoms with Crippen LogP contribution in [0.15, 0.2) is 0 Å². The second kappa shape index (κ2) is 9.73. The number of aliphatic hydroxyl groups is 1. The lowest BCUT2D eigenvalue weighted by Crippen LogP contribution is -2.47. The summed E-state index contributed by atoms with van der Waals surface area (Å²) in [6, 6.07) is 0.412. The summed E-state index contributed by atoms with van der Waals surface area (Å²) in [6.07, 6.45) is 4.81. The average Bonchev–Trinajstić information content (AvgIpc) is 2.37. The first-order valence-corrected chi connectivity index (χ1v) is 7.48. The topological polar surface area (TPSA) is 44.7 Å². The Labute approximate surface area is 112 Å². The first-order valence-electron chi connectivity index (χ1n) is 7.48. The Morgan fingerprint density at radius 2 is 2.28 bits per heavy atom. The fourth-order valence-electron chi connectivity index (χ4n) is 2.62. The van der Waals surface area contributed by atoms with E-state index in [0.717, 1.165) is 39.1 Å². The zero-order chi connectivity index (χ0) is 13.2. The van der Waals surface area contributed by atoms with E-state index in [1.807, 2.05) is 0 Å². The van der Waals surface area contributed by atoms with E-state index in [-0.39, 0.29) is 6.61 Å². The molecule has 2 N–H and O–H groups in total. The van der Waals surface area contributed by atoms with Crippen molar-refractivity contribution in [2.75, 3.05) is 39.4 Å². The largest absolute Gasteiger partial charge is 0.396 e. The van der Waals surface area contributed by atoms with E-state index in [1.54, 1.807) is 0 Å². The molecule has 18 heavy (non-hydrogen) atoms. The highest BCUT2D eigenvalue weighted by atomic mass is 16.5. The minimum Gasteiger partial charge on any atom is -0.396 e. The zero-order valence-electron chi connectivity index (χ0n) is 12.0. The Kier molecular flexibility index (Phi) is 8.59. The van der Waals surface area contributed by atoms with E-state index in [0.29, 0.717) is 12.1 Å². The van der Waals surface area contributed by atoms with Gasteiger partial charge in [-0.15, -0.1) is 0 Å². The molecule has 1 saturated heterocycles. The van der Waals surface area contributed by atoms with E-state index < -0.39 is 0 Å². The number of hydrogen-bond acceptors (Lipinski definition) is 4. The van der Waals surface area contributed by atoms with Gasteiger partial charge in [-0.2, -0.15) is 0 Å². The molecular formula is C14H30N2O2. The first-order chi connectivity index (χ1) is 8.80. The standard InChI is InChI=1S/C14H30N2O2/c1-3-8-15-13(7-10-17)11-16-9-5-6-14(12-16)18-4-2/h13-15,17H,3-12H2,1-2H3. The summed E-state index contributed by atoms with van der Waals surface area (Å²) in [5.74, 6) is 0. The van der Waals surface area contributed by atoms with Crippen LogP contribution in [0.4, 0.5) is 0 Å². The van der Waals surface area contributed by atoms with Crippen molar-refractivity contribution >= 4 is 0 Å². The molecule has 1 aliphatic heterocycles. The molecule has 1 aliphatic rings. The lowest BCUT2D eigenvalue weighted by molar-refractivity contribution is 0.00293. The molecule has 0 aromatic heterocycles. The van der Waals surface area contributed by atoms with Gasteiger partial charge in [-0.05, 0) is 45.7 Å². The van der Waals surface area contributed by atoms with Crippen LogP contribution in [0.3, 0.4) is 0 Å². The third-order valence-corrected chi connectivity index (χ3v) is 3.50. The molecule has 0 saturated carbocycles. The van der Waals surface area contributed by atoms with E-state index in [4.69, 9.17) is 9.84 Å². The second-order valence-electron chi connectivity index (χ2n) is 5.14. The number of nitrogens with one attached hydrogen (secondary N) is 1. The number of aliphatic hydroxyl groups excluding tert-OH is 1. The van der Waals surface area contributed by atoms with Gasteiger partial charge in [0.15, 0.2) is 0 Å². The van der Waals surface area contributed by atoms with Crippen LogP contribution in [-0.2, 0) is 4.74 Å². The second-order valence-corrected chi connectivity index (χ2v) is 5.14. The summed E-state index contributed by atoms with van der Waals surface area (Å²) in [5, 5.41) is 12.6. The summed E-state index contributed by atoms with van der Waals surface area (Å²) in [6.45, 7) is 9.60. The van der Waals surface area contributed by atoms with Gasteiger partial charge in [0.1, 0.15) is 0 Å². The molecule has 1 rings (SSSR count). The van der Waals surface area contributed by atoms with Crippen LogP contribution in [-0.4, -0.2) is 61.5 Å². The molecule has 0 aliphatic carbocycles. The van der Waals surface area contributed by atoms with Crippen LogP contribution in [0.1, 0.15) is 39.5 Å². The molecule has 2 atom stereocenters. The number of likely N-dealkylation sites (tertiary alicyclic amines) is 1. The predicted octanol–water partition coefficient (Wildman–Crippen LogP) is 1.24. The molecule has 0 aromatic rings. The lowest BCUT2D eigenvalue weighted by atomic mass is 10.1.